The fraction of sp³-hybridized carbons (Fsp3) is 0.821. The van der Waals surface area contributed by atoms with Crippen molar-refractivity contribution < 1.29 is 19.5 Å². The summed E-state index contributed by atoms with van der Waals surface area (Å²) in [6.45, 7) is 16.0. The Morgan fingerprint density at radius 3 is 2.08 bits per heavy atom. The lowest BCUT2D eigenvalue weighted by Gasteiger charge is -2.39. The Morgan fingerprint density at radius 2 is 1.56 bits per heavy atom. The predicted molar refractivity (Wildman–Crippen MR) is 143 cm³/mol. The van der Waals surface area contributed by atoms with E-state index >= 15 is 0 Å². The molecule has 0 aromatic rings. The van der Waals surface area contributed by atoms with Crippen molar-refractivity contribution in [2.45, 2.75) is 111 Å². The largest absolute Gasteiger partial charge is 0.393 e. The first-order valence-corrected chi connectivity index (χ1v) is 13.8. The minimum atomic E-state index is -0.632. The first-order chi connectivity index (χ1) is 16.8. The number of aliphatic hydroxyl groups is 1. The van der Waals surface area contributed by atoms with Gasteiger partial charge in [-0.2, -0.15) is 0 Å². The van der Waals surface area contributed by atoms with Gasteiger partial charge in [0.2, 0.25) is 17.7 Å². The molecule has 2 aliphatic heterocycles. The summed E-state index contributed by atoms with van der Waals surface area (Å²) in [5.41, 5.74) is 0.602. The van der Waals surface area contributed by atoms with Crippen molar-refractivity contribution in [3.63, 3.8) is 0 Å². The number of hydrogen-bond donors (Lipinski definition) is 2. The molecule has 0 bridgehead atoms. The summed E-state index contributed by atoms with van der Waals surface area (Å²) in [4.78, 5) is 45.7. The third-order valence-electron chi connectivity index (χ3n) is 7.73. The van der Waals surface area contributed by atoms with Crippen LogP contribution in [0.15, 0.2) is 11.6 Å². The molecule has 0 aromatic heterocycles. The van der Waals surface area contributed by atoms with Crippen molar-refractivity contribution >= 4 is 17.7 Å². The highest BCUT2D eigenvalue weighted by Crippen LogP contribution is 2.22. The monoisotopic (exact) mass is 506 g/mol. The van der Waals surface area contributed by atoms with Crippen LogP contribution in [-0.4, -0.2) is 94.5 Å². The zero-order valence-corrected chi connectivity index (χ0v) is 23.8. The molecular formula is C28H50N4O4. The molecule has 2 aliphatic rings. The number of rotatable bonds is 9. The van der Waals surface area contributed by atoms with Crippen LogP contribution in [0, 0.1) is 11.8 Å². The van der Waals surface area contributed by atoms with E-state index in [1.54, 1.807) is 23.8 Å². The lowest BCUT2D eigenvalue weighted by Crippen LogP contribution is -2.58. The van der Waals surface area contributed by atoms with Crippen molar-refractivity contribution in [2.24, 2.45) is 11.8 Å². The van der Waals surface area contributed by atoms with Crippen molar-refractivity contribution in [1.82, 2.24) is 20.0 Å². The lowest BCUT2D eigenvalue weighted by atomic mass is 9.95. The third kappa shape index (κ3) is 7.78. The van der Waals surface area contributed by atoms with Crippen LogP contribution >= 0.6 is 0 Å². The van der Waals surface area contributed by atoms with Gasteiger partial charge in [-0.15, -0.1) is 0 Å². The van der Waals surface area contributed by atoms with E-state index < -0.39 is 6.04 Å². The molecule has 3 amide bonds. The number of carbonyl (C=O) groups is 3. The second kappa shape index (κ2) is 13.6. The van der Waals surface area contributed by atoms with E-state index in [0.717, 1.165) is 25.8 Å². The average Bonchev–Trinajstić information content (AvgIpc) is 2.84. The van der Waals surface area contributed by atoms with Crippen molar-refractivity contribution in [3.8, 4) is 0 Å². The van der Waals surface area contributed by atoms with Crippen LogP contribution in [0.3, 0.4) is 0 Å². The Kier molecular flexibility index (Phi) is 11.4. The molecule has 206 valence electrons. The lowest BCUT2D eigenvalue weighted by molar-refractivity contribution is -0.140. The molecule has 2 saturated heterocycles. The molecular weight excluding hydrogens is 456 g/mol. The maximum absolute atomic E-state index is 13.7. The van der Waals surface area contributed by atoms with Crippen molar-refractivity contribution in [1.29, 1.82) is 0 Å². The highest BCUT2D eigenvalue weighted by molar-refractivity contribution is 5.93. The molecule has 0 aromatic carbocycles. The van der Waals surface area contributed by atoms with E-state index in [1.165, 1.54) is 0 Å². The number of likely N-dealkylation sites (N-methyl/N-ethyl adjacent to an activating group) is 1. The number of nitrogens with zero attached hydrogens (tertiary/aromatic N) is 3. The number of piperidine rings is 2. The predicted octanol–water partition coefficient (Wildman–Crippen LogP) is 2.80. The van der Waals surface area contributed by atoms with Crippen LogP contribution in [0.4, 0.5) is 0 Å². The summed E-state index contributed by atoms with van der Waals surface area (Å²) >= 11 is 0. The third-order valence-corrected chi connectivity index (χ3v) is 7.73. The number of likely N-dealkylation sites (tertiary alicyclic amines) is 2. The highest BCUT2D eigenvalue weighted by Gasteiger charge is 2.36. The number of amides is 3. The van der Waals surface area contributed by atoms with Crippen LogP contribution in [0.5, 0.6) is 0 Å². The molecule has 2 N–H and O–H groups in total. The van der Waals surface area contributed by atoms with Gasteiger partial charge in [-0.25, -0.2) is 0 Å². The van der Waals surface area contributed by atoms with Gasteiger partial charge < -0.3 is 20.2 Å². The van der Waals surface area contributed by atoms with Crippen molar-refractivity contribution in [2.75, 3.05) is 26.7 Å². The van der Waals surface area contributed by atoms with Gasteiger partial charge in [-0.3, -0.25) is 19.3 Å². The van der Waals surface area contributed by atoms with Gasteiger partial charge in [0.15, 0.2) is 0 Å². The Balaban J connectivity index is 2.16. The number of carbonyl (C=O) groups excluding carboxylic acids is 3. The van der Waals surface area contributed by atoms with E-state index in [-0.39, 0.29) is 53.8 Å². The molecule has 2 heterocycles. The molecule has 3 atom stereocenters. The normalized spacial score (nSPS) is 22.2. The Bertz CT molecular complexity index is 786. The zero-order valence-electron chi connectivity index (χ0n) is 23.8. The minimum absolute atomic E-state index is 0.0480. The number of hydrogen-bond acceptors (Lipinski definition) is 5. The van der Waals surface area contributed by atoms with Gasteiger partial charge in [0.25, 0.3) is 0 Å². The van der Waals surface area contributed by atoms with Gasteiger partial charge in [-0.1, -0.05) is 40.2 Å². The molecule has 0 spiro atoms. The summed E-state index contributed by atoms with van der Waals surface area (Å²) in [6, 6.07) is -0.845. The Morgan fingerprint density at radius 1 is 0.944 bits per heavy atom. The highest BCUT2D eigenvalue weighted by atomic mass is 16.3. The Hall–Kier alpha value is -1.93. The first kappa shape index (κ1) is 30.3. The molecule has 8 nitrogen and oxygen atoms in total. The SMILES string of the molecule is C/C(=C\[C@H](C(C)C)N(C)C(=O)[C@@H](NC(=O)C1CCCCN1C(C)C)C(C)C)C(=O)N1CCC(O)CC1. The second-order valence-electron chi connectivity index (χ2n) is 11.6. The fourth-order valence-electron chi connectivity index (χ4n) is 5.38. The average molecular weight is 507 g/mol. The van der Waals surface area contributed by atoms with Crippen LogP contribution in [-0.2, 0) is 14.4 Å². The summed E-state index contributed by atoms with van der Waals surface area (Å²) in [5, 5.41) is 12.8. The van der Waals surface area contributed by atoms with Crippen molar-refractivity contribution in [3.05, 3.63) is 11.6 Å². The molecule has 2 rings (SSSR count). The summed E-state index contributed by atoms with van der Waals surface area (Å²) in [7, 11) is 1.76. The Labute approximate surface area is 218 Å². The molecule has 0 radical (unpaired) electrons. The molecule has 0 saturated carbocycles. The fourth-order valence-corrected chi connectivity index (χ4v) is 5.38. The second-order valence-corrected chi connectivity index (χ2v) is 11.6. The maximum atomic E-state index is 13.7. The molecule has 0 aliphatic carbocycles. The summed E-state index contributed by atoms with van der Waals surface area (Å²) < 4.78 is 0. The topological polar surface area (TPSA) is 93.2 Å². The molecule has 1 unspecified atom stereocenters. The number of nitrogens with one attached hydrogen (secondary N) is 1. The van der Waals surface area contributed by atoms with Gasteiger partial charge in [0.05, 0.1) is 18.2 Å². The van der Waals surface area contributed by atoms with E-state index in [1.807, 2.05) is 33.8 Å². The first-order valence-electron chi connectivity index (χ1n) is 13.8. The maximum Gasteiger partial charge on any atom is 0.249 e. The van der Waals surface area contributed by atoms with E-state index in [2.05, 4.69) is 24.1 Å². The van der Waals surface area contributed by atoms with Gasteiger partial charge >= 0.3 is 0 Å². The van der Waals surface area contributed by atoms with Gasteiger partial charge in [-0.05, 0) is 64.8 Å². The molecule has 36 heavy (non-hydrogen) atoms. The van der Waals surface area contributed by atoms with E-state index in [0.29, 0.717) is 31.5 Å². The summed E-state index contributed by atoms with van der Waals surface area (Å²) in [6.07, 6.45) is 5.66. The number of aliphatic hydroxyl groups excluding tert-OH is 1. The summed E-state index contributed by atoms with van der Waals surface area (Å²) in [5.74, 6) is -0.240. The minimum Gasteiger partial charge on any atom is -0.393 e. The van der Waals surface area contributed by atoms with E-state index in [9.17, 15) is 19.5 Å². The van der Waals surface area contributed by atoms with Gasteiger partial charge in [0, 0.05) is 31.8 Å². The molecule has 8 heteroatoms. The van der Waals surface area contributed by atoms with Crippen LogP contribution in [0.25, 0.3) is 0 Å². The van der Waals surface area contributed by atoms with Crippen LogP contribution in [0.1, 0.15) is 80.6 Å². The zero-order chi connectivity index (χ0) is 27.2. The quantitative estimate of drug-likeness (QED) is 0.469. The smallest absolute Gasteiger partial charge is 0.249 e. The standard InChI is InChI=1S/C28H50N4O4/c1-18(2)24(17-21(7)27(35)31-15-12-22(33)13-16-31)30(8)28(36)25(19(3)4)29-26(34)23-11-9-10-14-32(23)20(5)6/h17-20,22-25,33H,9-16H2,1-8H3,(H,29,34)/b21-17+/t23?,24-,25+/m1/s1. The van der Waals surface area contributed by atoms with Crippen LogP contribution in [0.2, 0.25) is 0 Å². The van der Waals surface area contributed by atoms with Crippen LogP contribution < -0.4 is 5.32 Å². The molecule has 2 fully saturated rings. The van der Waals surface area contributed by atoms with Gasteiger partial charge in [0.1, 0.15) is 6.04 Å². The van der Waals surface area contributed by atoms with E-state index in [4.69, 9.17) is 0 Å².